The number of fused-ring (bicyclic) bond motifs is 1. The Morgan fingerprint density at radius 3 is 2.92 bits per heavy atom. The van der Waals surface area contributed by atoms with E-state index in [1.54, 1.807) is 6.07 Å². The van der Waals surface area contributed by atoms with Gasteiger partial charge in [-0.15, -0.1) is 0 Å². The highest BCUT2D eigenvalue weighted by molar-refractivity contribution is 5.47. The fourth-order valence-corrected chi connectivity index (χ4v) is 1.93. The SMILES string of the molecule is Nc1cc(F)c2c(c1)CC(CO)C2. The third kappa shape index (κ3) is 1.40. The Kier molecular flexibility index (Phi) is 1.96. The fraction of sp³-hybridized carbons (Fsp3) is 0.400. The first-order valence-corrected chi connectivity index (χ1v) is 4.38. The second kappa shape index (κ2) is 3.00. The molecule has 1 aliphatic carbocycles. The molecule has 0 heterocycles. The number of aliphatic hydroxyl groups is 1. The Labute approximate surface area is 76.2 Å². The summed E-state index contributed by atoms with van der Waals surface area (Å²) in [7, 11) is 0. The molecule has 3 N–H and O–H groups in total. The summed E-state index contributed by atoms with van der Waals surface area (Å²) in [6.07, 6.45) is 1.38. The molecule has 0 fully saturated rings. The van der Waals surface area contributed by atoms with Crippen LogP contribution in [0.4, 0.5) is 10.1 Å². The van der Waals surface area contributed by atoms with Crippen molar-refractivity contribution in [1.82, 2.24) is 0 Å². The quantitative estimate of drug-likeness (QED) is 0.637. The van der Waals surface area contributed by atoms with E-state index >= 15 is 0 Å². The molecular formula is C10H12FNO. The van der Waals surface area contributed by atoms with Crippen molar-refractivity contribution in [2.24, 2.45) is 5.92 Å². The third-order valence-electron chi connectivity index (χ3n) is 2.57. The van der Waals surface area contributed by atoms with Crippen molar-refractivity contribution in [2.45, 2.75) is 12.8 Å². The van der Waals surface area contributed by atoms with E-state index in [0.29, 0.717) is 12.1 Å². The Hall–Kier alpha value is -1.09. The lowest BCUT2D eigenvalue weighted by atomic mass is 10.1. The summed E-state index contributed by atoms with van der Waals surface area (Å²) in [5, 5.41) is 8.94. The van der Waals surface area contributed by atoms with Gasteiger partial charge in [-0.1, -0.05) is 0 Å². The number of halogens is 1. The standard InChI is InChI=1S/C10H12FNO/c11-10-4-8(12)3-7-1-6(5-13)2-9(7)10/h3-4,6,13H,1-2,5,12H2. The lowest BCUT2D eigenvalue weighted by Crippen LogP contribution is -2.04. The van der Waals surface area contributed by atoms with Crippen LogP contribution in [0.3, 0.4) is 0 Å². The predicted octanol–water partition coefficient (Wildman–Crippen LogP) is 1.11. The van der Waals surface area contributed by atoms with Crippen molar-refractivity contribution in [1.29, 1.82) is 0 Å². The van der Waals surface area contributed by atoms with Gasteiger partial charge in [0, 0.05) is 12.3 Å². The van der Waals surface area contributed by atoms with E-state index in [0.717, 1.165) is 17.5 Å². The van der Waals surface area contributed by atoms with Gasteiger partial charge in [0.25, 0.3) is 0 Å². The van der Waals surface area contributed by atoms with Crippen molar-refractivity contribution in [2.75, 3.05) is 12.3 Å². The number of hydrogen-bond donors (Lipinski definition) is 2. The van der Waals surface area contributed by atoms with Gasteiger partial charge in [-0.3, -0.25) is 0 Å². The van der Waals surface area contributed by atoms with Gasteiger partial charge >= 0.3 is 0 Å². The van der Waals surface area contributed by atoms with Crippen LogP contribution in [-0.2, 0) is 12.8 Å². The zero-order chi connectivity index (χ0) is 9.42. The zero-order valence-corrected chi connectivity index (χ0v) is 7.26. The molecule has 1 unspecified atom stereocenters. The molecule has 0 aromatic heterocycles. The molecule has 0 bridgehead atoms. The summed E-state index contributed by atoms with van der Waals surface area (Å²) in [5.74, 6) is -0.0581. The smallest absolute Gasteiger partial charge is 0.128 e. The predicted molar refractivity (Wildman–Crippen MR) is 48.8 cm³/mol. The number of rotatable bonds is 1. The first kappa shape index (κ1) is 8.51. The number of nitrogen functional groups attached to an aromatic ring is 1. The monoisotopic (exact) mass is 181 g/mol. The van der Waals surface area contributed by atoms with Crippen molar-refractivity contribution < 1.29 is 9.50 Å². The van der Waals surface area contributed by atoms with Crippen LogP contribution < -0.4 is 5.73 Å². The summed E-state index contributed by atoms with van der Waals surface area (Å²) in [6, 6.07) is 3.15. The van der Waals surface area contributed by atoms with E-state index in [9.17, 15) is 4.39 Å². The van der Waals surface area contributed by atoms with E-state index in [-0.39, 0.29) is 18.3 Å². The maximum Gasteiger partial charge on any atom is 0.128 e. The minimum atomic E-state index is -0.231. The van der Waals surface area contributed by atoms with Crippen molar-refractivity contribution in [3.63, 3.8) is 0 Å². The molecule has 0 spiro atoms. The van der Waals surface area contributed by atoms with E-state index in [1.807, 2.05) is 0 Å². The summed E-state index contributed by atoms with van der Waals surface area (Å²) in [4.78, 5) is 0. The largest absolute Gasteiger partial charge is 0.399 e. The molecule has 0 saturated carbocycles. The third-order valence-corrected chi connectivity index (χ3v) is 2.57. The maximum absolute atomic E-state index is 13.3. The fourth-order valence-electron chi connectivity index (χ4n) is 1.93. The van der Waals surface area contributed by atoms with Crippen LogP contribution in [-0.4, -0.2) is 11.7 Å². The lowest BCUT2D eigenvalue weighted by Gasteiger charge is -2.01. The molecule has 13 heavy (non-hydrogen) atoms. The second-order valence-corrected chi connectivity index (χ2v) is 3.60. The molecule has 1 aliphatic rings. The van der Waals surface area contributed by atoms with Crippen LogP contribution >= 0.6 is 0 Å². The highest BCUT2D eigenvalue weighted by Crippen LogP contribution is 2.30. The Morgan fingerprint density at radius 1 is 1.46 bits per heavy atom. The van der Waals surface area contributed by atoms with Crippen LogP contribution in [0.2, 0.25) is 0 Å². The Morgan fingerprint density at radius 2 is 2.23 bits per heavy atom. The molecule has 0 radical (unpaired) electrons. The molecular weight excluding hydrogens is 169 g/mol. The Bertz CT molecular complexity index is 338. The van der Waals surface area contributed by atoms with Gasteiger partial charge in [0.2, 0.25) is 0 Å². The molecule has 1 atom stereocenters. The summed E-state index contributed by atoms with van der Waals surface area (Å²) < 4.78 is 13.3. The molecule has 1 aromatic carbocycles. The maximum atomic E-state index is 13.3. The molecule has 0 saturated heterocycles. The summed E-state index contributed by atoms with van der Waals surface area (Å²) in [6.45, 7) is 0.119. The van der Waals surface area contributed by atoms with E-state index < -0.39 is 0 Å². The van der Waals surface area contributed by atoms with Gasteiger partial charge in [-0.2, -0.15) is 0 Å². The second-order valence-electron chi connectivity index (χ2n) is 3.60. The Balaban J connectivity index is 2.40. The van der Waals surface area contributed by atoms with Crippen LogP contribution in [0, 0.1) is 11.7 Å². The normalized spacial score (nSPS) is 20.3. The van der Waals surface area contributed by atoms with Gasteiger partial charge in [0.1, 0.15) is 5.82 Å². The molecule has 0 amide bonds. The molecule has 0 aliphatic heterocycles. The van der Waals surface area contributed by atoms with Crippen LogP contribution in [0.5, 0.6) is 0 Å². The molecule has 2 nitrogen and oxygen atoms in total. The highest BCUT2D eigenvalue weighted by atomic mass is 19.1. The van der Waals surface area contributed by atoms with E-state index in [1.165, 1.54) is 6.07 Å². The molecule has 70 valence electrons. The van der Waals surface area contributed by atoms with Crippen molar-refractivity contribution >= 4 is 5.69 Å². The lowest BCUT2D eigenvalue weighted by molar-refractivity contribution is 0.232. The van der Waals surface area contributed by atoms with Gasteiger partial charge < -0.3 is 10.8 Å². The van der Waals surface area contributed by atoms with Gasteiger partial charge in [-0.25, -0.2) is 4.39 Å². The van der Waals surface area contributed by atoms with Gasteiger partial charge in [0.05, 0.1) is 0 Å². The average molecular weight is 181 g/mol. The number of hydrogen-bond acceptors (Lipinski definition) is 2. The van der Waals surface area contributed by atoms with E-state index in [4.69, 9.17) is 10.8 Å². The zero-order valence-electron chi connectivity index (χ0n) is 7.26. The highest BCUT2D eigenvalue weighted by Gasteiger charge is 2.23. The van der Waals surface area contributed by atoms with Crippen LogP contribution in [0.15, 0.2) is 12.1 Å². The van der Waals surface area contributed by atoms with Crippen molar-refractivity contribution in [3.05, 3.63) is 29.1 Å². The van der Waals surface area contributed by atoms with E-state index in [2.05, 4.69) is 0 Å². The summed E-state index contributed by atoms with van der Waals surface area (Å²) in [5.41, 5.74) is 7.67. The van der Waals surface area contributed by atoms with Gasteiger partial charge in [0.15, 0.2) is 0 Å². The molecule has 3 heteroatoms. The number of nitrogens with two attached hydrogens (primary N) is 1. The minimum Gasteiger partial charge on any atom is -0.399 e. The van der Waals surface area contributed by atoms with Crippen molar-refractivity contribution in [3.8, 4) is 0 Å². The minimum absolute atomic E-state index is 0.119. The first-order chi connectivity index (χ1) is 6.20. The summed E-state index contributed by atoms with van der Waals surface area (Å²) >= 11 is 0. The molecule has 2 rings (SSSR count). The van der Waals surface area contributed by atoms with Crippen LogP contribution in [0.1, 0.15) is 11.1 Å². The molecule has 1 aromatic rings. The number of benzene rings is 1. The number of aliphatic hydroxyl groups excluding tert-OH is 1. The first-order valence-electron chi connectivity index (χ1n) is 4.38. The number of anilines is 1. The van der Waals surface area contributed by atoms with Gasteiger partial charge in [-0.05, 0) is 42.0 Å². The average Bonchev–Trinajstić information content (AvgIpc) is 2.47. The van der Waals surface area contributed by atoms with Crippen LogP contribution in [0.25, 0.3) is 0 Å². The topological polar surface area (TPSA) is 46.2 Å².